The molecule has 2 fully saturated rings. The lowest BCUT2D eigenvalue weighted by Crippen LogP contribution is -2.47. The molecule has 194 valence electrons. The molecule has 0 radical (unpaired) electrons. The lowest BCUT2D eigenvalue weighted by Gasteiger charge is -2.40. The minimum atomic E-state index is -2.27. The van der Waals surface area contributed by atoms with E-state index in [1.807, 2.05) is 9.80 Å². The van der Waals surface area contributed by atoms with Crippen molar-refractivity contribution in [2.75, 3.05) is 43.8 Å². The highest BCUT2D eigenvalue weighted by molar-refractivity contribution is 5.84. The van der Waals surface area contributed by atoms with Gasteiger partial charge in [0.15, 0.2) is 5.76 Å². The first-order valence-electron chi connectivity index (χ1n) is 12.4. The number of hydrogen-bond acceptors (Lipinski definition) is 9. The number of hydrogen-bond donors (Lipinski definition) is 2. The SMILES string of the molecule is C[C@H](Nc1nc(N)n2nc(-c3ccco3)nc2n1)C(=O)N1CCC(C2CCN(CC(F)F)CC2)CC1. The molecule has 0 aromatic carbocycles. The van der Waals surface area contributed by atoms with Gasteiger partial charge in [-0.25, -0.2) is 8.78 Å². The van der Waals surface area contributed by atoms with E-state index in [1.165, 1.54) is 10.8 Å². The highest BCUT2D eigenvalue weighted by atomic mass is 19.3. The third-order valence-corrected chi connectivity index (χ3v) is 7.24. The first kappa shape index (κ1) is 24.3. The Hall–Kier alpha value is -3.35. The van der Waals surface area contributed by atoms with Crippen molar-refractivity contribution in [2.24, 2.45) is 11.8 Å². The van der Waals surface area contributed by atoms with Gasteiger partial charge in [0, 0.05) is 13.1 Å². The smallest absolute Gasteiger partial charge is 0.259 e. The molecule has 0 aliphatic carbocycles. The Morgan fingerprint density at radius 3 is 2.47 bits per heavy atom. The monoisotopic (exact) mass is 503 g/mol. The minimum absolute atomic E-state index is 0.0278. The van der Waals surface area contributed by atoms with Crippen molar-refractivity contribution >= 4 is 23.6 Å². The number of aromatic nitrogens is 5. The van der Waals surface area contributed by atoms with Gasteiger partial charge in [-0.05, 0) is 69.7 Å². The average molecular weight is 504 g/mol. The summed E-state index contributed by atoms with van der Waals surface area (Å²) >= 11 is 0. The Labute approximate surface area is 207 Å². The molecule has 13 heteroatoms. The van der Waals surface area contributed by atoms with Gasteiger partial charge in [-0.1, -0.05) is 0 Å². The second kappa shape index (κ2) is 10.3. The number of rotatable bonds is 7. The minimum Gasteiger partial charge on any atom is -0.461 e. The van der Waals surface area contributed by atoms with E-state index >= 15 is 0 Å². The summed E-state index contributed by atoms with van der Waals surface area (Å²) in [5, 5.41) is 7.31. The number of halogens is 2. The number of nitrogens with two attached hydrogens (primary N) is 1. The molecule has 36 heavy (non-hydrogen) atoms. The Balaban J connectivity index is 1.15. The molecule has 1 amide bonds. The van der Waals surface area contributed by atoms with E-state index in [9.17, 15) is 13.6 Å². The van der Waals surface area contributed by atoms with Gasteiger partial charge >= 0.3 is 0 Å². The largest absolute Gasteiger partial charge is 0.461 e. The molecule has 5 rings (SSSR count). The molecule has 1 atom stereocenters. The predicted octanol–water partition coefficient (Wildman–Crippen LogP) is 2.38. The van der Waals surface area contributed by atoms with Crippen molar-refractivity contribution in [3.05, 3.63) is 18.4 Å². The van der Waals surface area contributed by atoms with Crippen LogP contribution in [0, 0.1) is 11.8 Å². The van der Waals surface area contributed by atoms with Crippen LogP contribution in [0.5, 0.6) is 0 Å². The number of anilines is 2. The lowest BCUT2D eigenvalue weighted by molar-refractivity contribution is -0.133. The number of nitrogens with zero attached hydrogens (tertiary/aromatic N) is 7. The summed E-state index contributed by atoms with van der Waals surface area (Å²) in [6, 6.07) is 2.92. The summed E-state index contributed by atoms with van der Waals surface area (Å²) in [7, 11) is 0. The number of alkyl halides is 2. The zero-order valence-electron chi connectivity index (χ0n) is 20.2. The van der Waals surface area contributed by atoms with Crippen LogP contribution in [0.2, 0.25) is 0 Å². The van der Waals surface area contributed by atoms with Crippen molar-refractivity contribution in [2.45, 2.75) is 45.1 Å². The van der Waals surface area contributed by atoms with Crippen LogP contribution in [-0.2, 0) is 4.79 Å². The predicted molar refractivity (Wildman–Crippen MR) is 128 cm³/mol. The number of fused-ring (bicyclic) bond motifs is 1. The van der Waals surface area contributed by atoms with Gasteiger partial charge in [-0.2, -0.15) is 19.5 Å². The van der Waals surface area contributed by atoms with Crippen LogP contribution in [0.4, 0.5) is 20.7 Å². The maximum Gasteiger partial charge on any atom is 0.259 e. The summed E-state index contributed by atoms with van der Waals surface area (Å²) in [5.74, 6) is 2.41. The second-order valence-electron chi connectivity index (χ2n) is 9.59. The van der Waals surface area contributed by atoms with Gasteiger partial charge in [0.2, 0.25) is 23.6 Å². The summed E-state index contributed by atoms with van der Waals surface area (Å²) in [6.45, 7) is 4.48. The Kier molecular flexibility index (Phi) is 6.99. The fourth-order valence-electron chi connectivity index (χ4n) is 5.30. The number of carbonyl (C=O) groups is 1. The maximum absolute atomic E-state index is 13.1. The van der Waals surface area contributed by atoms with Crippen molar-refractivity contribution < 1.29 is 18.0 Å². The van der Waals surface area contributed by atoms with Gasteiger partial charge in [-0.3, -0.25) is 9.69 Å². The zero-order valence-corrected chi connectivity index (χ0v) is 20.2. The highest BCUT2D eigenvalue weighted by Crippen LogP contribution is 2.33. The van der Waals surface area contributed by atoms with E-state index < -0.39 is 12.5 Å². The molecule has 0 saturated carbocycles. The Bertz CT molecular complexity index is 1170. The quantitative estimate of drug-likeness (QED) is 0.499. The second-order valence-corrected chi connectivity index (χ2v) is 9.59. The third kappa shape index (κ3) is 5.25. The molecule has 0 unspecified atom stereocenters. The fraction of sp³-hybridized carbons (Fsp3) is 0.609. The number of amides is 1. The van der Waals surface area contributed by atoms with Gasteiger partial charge in [0.25, 0.3) is 12.2 Å². The number of nitrogens with one attached hydrogen (secondary N) is 1. The van der Waals surface area contributed by atoms with E-state index in [0.29, 0.717) is 36.5 Å². The van der Waals surface area contributed by atoms with Crippen molar-refractivity contribution in [1.29, 1.82) is 0 Å². The molecule has 5 heterocycles. The molecular weight excluding hydrogens is 472 g/mol. The van der Waals surface area contributed by atoms with Crippen LogP contribution in [0.25, 0.3) is 17.4 Å². The highest BCUT2D eigenvalue weighted by Gasteiger charge is 2.32. The third-order valence-electron chi connectivity index (χ3n) is 7.24. The fourth-order valence-corrected chi connectivity index (χ4v) is 5.30. The van der Waals surface area contributed by atoms with Gasteiger partial charge in [0.05, 0.1) is 12.8 Å². The Morgan fingerprint density at radius 2 is 1.83 bits per heavy atom. The molecule has 0 spiro atoms. The van der Waals surface area contributed by atoms with Gasteiger partial charge in [-0.15, -0.1) is 5.10 Å². The molecule has 3 aromatic heterocycles. The molecular formula is C23H31F2N9O2. The summed E-state index contributed by atoms with van der Waals surface area (Å²) < 4.78 is 31.9. The number of likely N-dealkylation sites (tertiary alicyclic amines) is 2. The van der Waals surface area contributed by atoms with E-state index in [1.54, 1.807) is 19.1 Å². The molecule has 3 aromatic rings. The molecule has 2 aliphatic heterocycles. The number of piperidine rings is 2. The average Bonchev–Trinajstić information content (AvgIpc) is 3.54. The van der Waals surface area contributed by atoms with Crippen LogP contribution in [0.1, 0.15) is 32.6 Å². The number of furan rings is 1. The first-order chi connectivity index (χ1) is 17.4. The maximum atomic E-state index is 13.1. The van der Waals surface area contributed by atoms with Crippen LogP contribution < -0.4 is 11.1 Å². The van der Waals surface area contributed by atoms with Crippen molar-refractivity contribution in [3.63, 3.8) is 0 Å². The zero-order chi connectivity index (χ0) is 25.2. The van der Waals surface area contributed by atoms with Gasteiger partial charge in [0.1, 0.15) is 6.04 Å². The number of nitrogen functional groups attached to an aromatic ring is 1. The van der Waals surface area contributed by atoms with E-state index in [-0.39, 0.29) is 30.1 Å². The summed E-state index contributed by atoms with van der Waals surface area (Å²) in [5.41, 5.74) is 6.04. The molecule has 11 nitrogen and oxygen atoms in total. The van der Waals surface area contributed by atoms with Crippen LogP contribution in [-0.4, -0.2) is 85.5 Å². The van der Waals surface area contributed by atoms with Crippen molar-refractivity contribution in [3.8, 4) is 11.6 Å². The normalized spacial score (nSPS) is 19.3. The van der Waals surface area contributed by atoms with E-state index in [4.69, 9.17) is 10.2 Å². The summed E-state index contributed by atoms with van der Waals surface area (Å²) in [6.07, 6.45) is 3.03. The van der Waals surface area contributed by atoms with Crippen molar-refractivity contribution in [1.82, 2.24) is 34.4 Å². The summed E-state index contributed by atoms with van der Waals surface area (Å²) in [4.78, 5) is 29.7. The molecule has 0 bridgehead atoms. The van der Waals surface area contributed by atoms with E-state index in [2.05, 4.69) is 25.4 Å². The topological polar surface area (TPSA) is 131 Å². The molecule has 2 aliphatic rings. The Morgan fingerprint density at radius 1 is 1.14 bits per heavy atom. The van der Waals surface area contributed by atoms with Crippen LogP contribution in [0.3, 0.4) is 0 Å². The standard InChI is InChI=1S/C23H31F2N9O2/c1-14(27-22-29-21(26)34-23(30-22)28-19(31-34)17-3-2-12-36-17)20(35)33-10-6-16(7-11-33)15-4-8-32(9-5-15)13-18(24)25/h2-3,12,14-16,18H,4-11,13H2,1H3,(H3,26,27,28,29,30,31)/t14-/m0/s1. The molecule has 3 N–H and O–H groups in total. The van der Waals surface area contributed by atoms with Crippen LogP contribution >= 0.6 is 0 Å². The van der Waals surface area contributed by atoms with Gasteiger partial charge < -0.3 is 20.4 Å². The number of carbonyl (C=O) groups excluding carboxylic acids is 1. The van der Waals surface area contributed by atoms with E-state index in [0.717, 1.165) is 38.8 Å². The first-order valence-corrected chi connectivity index (χ1v) is 12.4. The molecule has 2 saturated heterocycles. The lowest BCUT2D eigenvalue weighted by atomic mass is 9.78. The van der Waals surface area contributed by atoms with Crippen LogP contribution in [0.15, 0.2) is 22.8 Å².